The molecule has 1 aliphatic rings. The van der Waals surface area contributed by atoms with Gasteiger partial charge in [0, 0.05) is 25.2 Å². The van der Waals surface area contributed by atoms with Gasteiger partial charge in [-0.2, -0.15) is 0 Å². The molecule has 1 atom stereocenters. The highest BCUT2D eigenvalue weighted by atomic mass is 19.1. The first-order valence-corrected chi connectivity index (χ1v) is 9.37. The van der Waals surface area contributed by atoms with Crippen LogP contribution in [-0.4, -0.2) is 24.9 Å². The van der Waals surface area contributed by atoms with E-state index in [4.69, 9.17) is 0 Å². The van der Waals surface area contributed by atoms with Crippen LogP contribution < -0.4 is 10.2 Å². The number of halogens is 1. The minimum atomic E-state index is -0.372. The molecule has 1 fully saturated rings. The topological polar surface area (TPSA) is 49.4 Å². The molecule has 0 aliphatic carbocycles. The van der Waals surface area contributed by atoms with E-state index in [1.54, 1.807) is 23.1 Å². The standard InChI is InChI=1S/C22H25FN2O2/c1-15(2)16-7-9-19(10-8-16)25-14-18(13-21(25)26)22(27)24-12-11-17-5-3-4-6-20(17)23/h3-10,15,18H,11-14H2,1-2H3,(H,24,27). The van der Waals surface area contributed by atoms with Gasteiger partial charge in [-0.15, -0.1) is 0 Å². The monoisotopic (exact) mass is 368 g/mol. The maximum Gasteiger partial charge on any atom is 0.227 e. The average Bonchev–Trinajstić information content (AvgIpc) is 3.05. The Morgan fingerprint density at radius 3 is 2.56 bits per heavy atom. The first kappa shape index (κ1) is 19.1. The largest absolute Gasteiger partial charge is 0.355 e. The zero-order valence-electron chi connectivity index (χ0n) is 15.7. The van der Waals surface area contributed by atoms with Crippen molar-refractivity contribution in [3.63, 3.8) is 0 Å². The Labute approximate surface area is 159 Å². The van der Waals surface area contributed by atoms with Gasteiger partial charge in [0.25, 0.3) is 0 Å². The molecule has 3 rings (SSSR count). The molecule has 1 N–H and O–H groups in total. The van der Waals surface area contributed by atoms with E-state index in [0.717, 1.165) is 5.69 Å². The molecule has 0 aromatic heterocycles. The molecule has 5 heteroatoms. The molecular weight excluding hydrogens is 343 g/mol. The van der Waals surface area contributed by atoms with Crippen LogP contribution in [0.4, 0.5) is 10.1 Å². The first-order valence-electron chi connectivity index (χ1n) is 9.37. The Kier molecular flexibility index (Phi) is 5.89. The van der Waals surface area contributed by atoms with Crippen LogP contribution >= 0.6 is 0 Å². The third-order valence-electron chi connectivity index (χ3n) is 5.02. The van der Waals surface area contributed by atoms with Crippen LogP contribution in [0.25, 0.3) is 0 Å². The van der Waals surface area contributed by atoms with Crippen molar-refractivity contribution in [1.82, 2.24) is 5.32 Å². The van der Waals surface area contributed by atoms with Gasteiger partial charge in [0.05, 0.1) is 5.92 Å². The van der Waals surface area contributed by atoms with Crippen LogP contribution in [0.1, 0.15) is 37.3 Å². The van der Waals surface area contributed by atoms with Crippen LogP contribution in [0.5, 0.6) is 0 Å². The van der Waals surface area contributed by atoms with E-state index >= 15 is 0 Å². The van der Waals surface area contributed by atoms with Crippen LogP contribution in [0.15, 0.2) is 48.5 Å². The van der Waals surface area contributed by atoms with Gasteiger partial charge in [-0.3, -0.25) is 9.59 Å². The summed E-state index contributed by atoms with van der Waals surface area (Å²) in [5.74, 6) is -0.398. The summed E-state index contributed by atoms with van der Waals surface area (Å²) in [4.78, 5) is 26.4. The van der Waals surface area contributed by atoms with Gasteiger partial charge in [0.2, 0.25) is 11.8 Å². The molecule has 2 amide bonds. The molecule has 1 aliphatic heterocycles. The number of anilines is 1. The predicted molar refractivity (Wildman–Crippen MR) is 104 cm³/mol. The summed E-state index contributed by atoms with van der Waals surface area (Å²) in [7, 11) is 0. The van der Waals surface area contributed by atoms with Crippen molar-refractivity contribution in [2.45, 2.75) is 32.6 Å². The maximum absolute atomic E-state index is 13.6. The van der Waals surface area contributed by atoms with Gasteiger partial charge in [-0.1, -0.05) is 44.2 Å². The summed E-state index contributed by atoms with van der Waals surface area (Å²) in [5, 5.41) is 2.83. The van der Waals surface area contributed by atoms with Crippen molar-refractivity contribution in [2.24, 2.45) is 5.92 Å². The lowest BCUT2D eigenvalue weighted by Crippen LogP contribution is -2.34. The third kappa shape index (κ3) is 4.54. The molecule has 0 bridgehead atoms. The molecule has 0 spiro atoms. The van der Waals surface area contributed by atoms with E-state index in [1.165, 1.54) is 11.6 Å². The Balaban J connectivity index is 1.55. The van der Waals surface area contributed by atoms with Gasteiger partial charge in [0.15, 0.2) is 0 Å². The van der Waals surface area contributed by atoms with Crippen LogP contribution in [0.3, 0.4) is 0 Å². The van der Waals surface area contributed by atoms with Crippen molar-refractivity contribution in [2.75, 3.05) is 18.0 Å². The Morgan fingerprint density at radius 1 is 1.19 bits per heavy atom. The number of hydrogen-bond donors (Lipinski definition) is 1. The molecule has 1 unspecified atom stereocenters. The molecule has 1 heterocycles. The van der Waals surface area contributed by atoms with E-state index in [1.807, 2.05) is 24.3 Å². The highest BCUT2D eigenvalue weighted by Crippen LogP contribution is 2.27. The van der Waals surface area contributed by atoms with E-state index < -0.39 is 0 Å². The van der Waals surface area contributed by atoms with E-state index in [-0.39, 0.29) is 30.0 Å². The highest BCUT2D eigenvalue weighted by Gasteiger charge is 2.34. The number of carbonyl (C=O) groups excluding carboxylic acids is 2. The van der Waals surface area contributed by atoms with Crippen molar-refractivity contribution >= 4 is 17.5 Å². The molecule has 0 saturated carbocycles. The lowest BCUT2D eigenvalue weighted by Gasteiger charge is -2.18. The molecule has 0 radical (unpaired) electrons. The second-order valence-electron chi connectivity index (χ2n) is 7.28. The Morgan fingerprint density at radius 2 is 1.89 bits per heavy atom. The number of benzene rings is 2. The summed E-state index contributed by atoms with van der Waals surface area (Å²) in [6.45, 7) is 4.98. The van der Waals surface area contributed by atoms with Gasteiger partial charge >= 0.3 is 0 Å². The lowest BCUT2D eigenvalue weighted by atomic mass is 10.0. The van der Waals surface area contributed by atoms with E-state index in [0.29, 0.717) is 31.0 Å². The summed E-state index contributed by atoms with van der Waals surface area (Å²) in [6.07, 6.45) is 0.636. The molecule has 142 valence electrons. The van der Waals surface area contributed by atoms with E-state index in [9.17, 15) is 14.0 Å². The van der Waals surface area contributed by atoms with Gasteiger partial charge in [-0.05, 0) is 41.7 Å². The summed E-state index contributed by atoms with van der Waals surface area (Å²) >= 11 is 0. The second kappa shape index (κ2) is 8.33. The Bertz CT molecular complexity index is 817. The number of carbonyl (C=O) groups is 2. The van der Waals surface area contributed by atoms with Crippen molar-refractivity contribution in [3.05, 3.63) is 65.5 Å². The minimum absolute atomic E-state index is 0.0402. The average molecular weight is 368 g/mol. The number of nitrogens with one attached hydrogen (secondary N) is 1. The summed E-state index contributed by atoms with van der Waals surface area (Å²) in [6, 6.07) is 14.5. The number of rotatable bonds is 6. The normalized spacial score (nSPS) is 16.8. The molecule has 2 aromatic rings. The lowest BCUT2D eigenvalue weighted by molar-refractivity contribution is -0.126. The molecule has 1 saturated heterocycles. The fourth-order valence-electron chi connectivity index (χ4n) is 3.34. The summed E-state index contributed by atoms with van der Waals surface area (Å²) in [5.41, 5.74) is 2.62. The molecule has 4 nitrogen and oxygen atoms in total. The van der Waals surface area contributed by atoms with Gasteiger partial charge in [-0.25, -0.2) is 4.39 Å². The molecule has 2 aromatic carbocycles. The molecular formula is C22H25FN2O2. The third-order valence-corrected chi connectivity index (χ3v) is 5.02. The fourth-order valence-corrected chi connectivity index (χ4v) is 3.34. The highest BCUT2D eigenvalue weighted by molar-refractivity contribution is 6.00. The van der Waals surface area contributed by atoms with Crippen molar-refractivity contribution in [1.29, 1.82) is 0 Å². The molecule has 27 heavy (non-hydrogen) atoms. The van der Waals surface area contributed by atoms with Crippen LogP contribution in [0.2, 0.25) is 0 Å². The summed E-state index contributed by atoms with van der Waals surface area (Å²) < 4.78 is 13.6. The van der Waals surface area contributed by atoms with Gasteiger partial charge in [0.1, 0.15) is 5.82 Å². The van der Waals surface area contributed by atoms with Crippen molar-refractivity contribution in [3.8, 4) is 0 Å². The zero-order valence-corrected chi connectivity index (χ0v) is 15.7. The second-order valence-corrected chi connectivity index (χ2v) is 7.28. The van der Waals surface area contributed by atoms with E-state index in [2.05, 4.69) is 19.2 Å². The number of hydrogen-bond acceptors (Lipinski definition) is 2. The van der Waals surface area contributed by atoms with Crippen LogP contribution in [-0.2, 0) is 16.0 Å². The van der Waals surface area contributed by atoms with Crippen LogP contribution in [0, 0.1) is 11.7 Å². The smallest absolute Gasteiger partial charge is 0.227 e. The first-order chi connectivity index (χ1) is 13.0. The minimum Gasteiger partial charge on any atom is -0.355 e. The number of amides is 2. The maximum atomic E-state index is 13.6. The quantitative estimate of drug-likeness (QED) is 0.846. The zero-order chi connectivity index (χ0) is 19.4. The predicted octanol–water partition coefficient (Wildman–Crippen LogP) is 3.66. The number of nitrogens with zero attached hydrogens (tertiary/aromatic N) is 1. The Hall–Kier alpha value is -2.69. The fraction of sp³-hybridized carbons (Fsp3) is 0.364. The van der Waals surface area contributed by atoms with Gasteiger partial charge < -0.3 is 10.2 Å². The SMILES string of the molecule is CC(C)c1ccc(N2CC(C(=O)NCCc3ccccc3F)CC2=O)cc1. The van der Waals surface area contributed by atoms with Crippen molar-refractivity contribution < 1.29 is 14.0 Å².